The molecule has 0 spiro atoms. The van der Waals surface area contributed by atoms with E-state index < -0.39 is 0 Å². The fourth-order valence-electron chi connectivity index (χ4n) is 2.97. The zero-order chi connectivity index (χ0) is 18.9. The Bertz CT molecular complexity index is 867. The molecule has 26 heavy (non-hydrogen) atoms. The lowest BCUT2D eigenvalue weighted by molar-refractivity contribution is -0.121. The number of benzene rings is 2. The number of thioether (sulfide) groups is 1. The SMILES string of the molecule is Cc1cc(F)ccc1NC(=O)CN1C(=O)CC(C)(C)Sc2ccccc21. The monoisotopic (exact) mass is 372 g/mol. The summed E-state index contributed by atoms with van der Waals surface area (Å²) in [6, 6.07) is 11.8. The maximum Gasteiger partial charge on any atom is 0.244 e. The number of carbonyl (C=O) groups excluding carboxylic acids is 2. The Hall–Kier alpha value is -2.34. The summed E-state index contributed by atoms with van der Waals surface area (Å²) >= 11 is 1.64. The van der Waals surface area contributed by atoms with Gasteiger partial charge in [0, 0.05) is 21.8 Å². The molecule has 0 unspecified atom stereocenters. The van der Waals surface area contributed by atoms with Gasteiger partial charge in [-0.2, -0.15) is 0 Å². The lowest BCUT2D eigenvalue weighted by Gasteiger charge is -2.23. The van der Waals surface area contributed by atoms with Crippen molar-refractivity contribution in [3.05, 3.63) is 53.8 Å². The van der Waals surface area contributed by atoms with Crippen molar-refractivity contribution in [2.24, 2.45) is 0 Å². The minimum atomic E-state index is -0.351. The Morgan fingerprint density at radius 3 is 2.73 bits per heavy atom. The highest BCUT2D eigenvalue weighted by molar-refractivity contribution is 8.00. The van der Waals surface area contributed by atoms with Gasteiger partial charge in [0.1, 0.15) is 12.4 Å². The highest BCUT2D eigenvalue weighted by atomic mass is 32.2. The van der Waals surface area contributed by atoms with Gasteiger partial charge < -0.3 is 10.2 Å². The van der Waals surface area contributed by atoms with E-state index in [9.17, 15) is 14.0 Å². The molecule has 1 aliphatic rings. The molecular weight excluding hydrogens is 351 g/mol. The first-order valence-electron chi connectivity index (χ1n) is 8.39. The number of nitrogens with one attached hydrogen (secondary N) is 1. The minimum Gasteiger partial charge on any atom is -0.324 e. The summed E-state index contributed by atoms with van der Waals surface area (Å²) in [5.74, 6) is -0.748. The van der Waals surface area contributed by atoms with E-state index in [4.69, 9.17) is 0 Å². The molecule has 2 aromatic carbocycles. The maximum absolute atomic E-state index is 13.2. The van der Waals surface area contributed by atoms with Gasteiger partial charge in [-0.05, 0) is 56.7 Å². The van der Waals surface area contributed by atoms with Crippen molar-refractivity contribution in [3.8, 4) is 0 Å². The van der Waals surface area contributed by atoms with Crippen molar-refractivity contribution < 1.29 is 14.0 Å². The van der Waals surface area contributed by atoms with E-state index in [0.29, 0.717) is 17.7 Å². The number of halogens is 1. The van der Waals surface area contributed by atoms with Gasteiger partial charge in [-0.1, -0.05) is 12.1 Å². The van der Waals surface area contributed by atoms with Crippen LogP contribution in [0.25, 0.3) is 0 Å². The topological polar surface area (TPSA) is 49.4 Å². The van der Waals surface area contributed by atoms with E-state index in [2.05, 4.69) is 5.32 Å². The predicted octanol–water partition coefficient (Wildman–Crippen LogP) is 4.38. The Morgan fingerprint density at radius 1 is 1.27 bits per heavy atom. The third-order valence-electron chi connectivity index (χ3n) is 4.18. The molecule has 0 saturated heterocycles. The summed E-state index contributed by atoms with van der Waals surface area (Å²) in [4.78, 5) is 27.8. The number of anilines is 2. The molecule has 0 fully saturated rings. The molecule has 0 atom stereocenters. The number of aryl methyl sites for hydroxylation is 1. The summed E-state index contributed by atoms with van der Waals surface area (Å²) < 4.78 is 13.0. The van der Waals surface area contributed by atoms with Gasteiger partial charge in [0.15, 0.2) is 0 Å². The van der Waals surface area contributed by atoms with Crippen LogP contribution in [0.4, 0.5) is 15.8 Å². The molecule has 0 aromatic heterocycles. The Balaban J connectivity index is 1.83. The first-order valence-corrected chi connectivity index (χ1v) is 9.21. The van der Waals surface area contributed by atoms with Crippen molar-refractivity contribution in [1.29, 1.82) is 0 Å². The highest BCUT2D eigenvalue weighted by Gasteiger charge is 2.33. The normalized spacial score (nSPS) is 16.0. The molecule has 0 saturated carbocycles. The zero-order valence-corrected chi connectivity index (χ0v) is 15.8. The van der Waals surface area contributed by atoms with E-state index in [1.54, 1.807) is 18.7 Å². The second-order valence-electron chi connectivity index (χ2n) is 6.99. The van der Waals surface area contributed by atoms with Crippen LogP contribution in [0.3, 0.4) is 0 Å². The molecule has 1 N–H and O–H groups in total. The molecule has 0 bridgehead atoms. The average Bonchev–Trinajstić information content (AvgIpc) is 2.64. The largest absolute Gasteiger partial charge is 0.324 e. The number of hydrogen-bond acceptors (Lipinski definition) is 3. The van der Waals surface area contributed by atoms with E-state index in [0.717, 1.165) is 10.6 Å². The quantitative estimate of drug-likeness (QED) is 0.870. The summed E-state index contributed by atoms with van der Waals surface area (Å²) in [5, 5.41) is 2.77. The highest BCUT2D eigenvalue weighted by Crippen LogP contribution is 2.43. The van der Waals surface area contributed by atoms with Crippen LogP contribution in [0.15, 0.2) is 47.4 Å². The lowest BCUT2D eigenvalue weighted by atomic mass is 10.1. The van der Waals surface area contributed by atoms with Crippen LogP contribution in [0.1, 0.15) is 25.8 Å². The Kier molecular flexibility index (Phi) is 5.05. The summed E-state index contributed by atoms with van der Waals surface area (Å²) in [6.45, 7) is 5.70. The third kappa shape index (κ3) is 4.07. The molecule has 1 aliphatic heterocycles. The first kappa shape index (κ1) is 18.5. The van der Waals surface area contributed by atoms with Crippen LogP contribution in [0.2, 0.25) is 0 Å². The van der Waals surface area contributed by atoms with Crippen LogP contribution in [0.5, 0.6) is 0 Å². The van der Waals surface area contributed by atoms with Crippen molar-refractivity contribution in [2.75, 3.05) is 16.8 Å². The second-order valence-corrected chi connectivity index (χ2v) is 8.74. The Morgan fingerprint density at radius 2 is 2.00 bits per heavy atom. The number of para-hydroxylation sites is 1. The van der Waals surface area contributed by atoms with Gasteiger partial charge in [-0.25, -0.2) is 4.39 Å². The van der Waals surface area contributed by atoms with Crippen molar-refractivity contribution in [1.82, 2.24) is 0 Å². The minimum absolute atomic E-state index is 0.0801. The average molecular weight is 372 g/mol. The second kappa shape index (κ2) is 7.11. The molecule has 4 nitrogen and oxygen atoms in total. The third-order valence-corrected chi connectivity index (χ3v) is 5.45. The molecule has 2 aromatic rings. The standard InChI is InChI=1S/C20H21FN2O2S/c1-13-10-14(21)8-9-15(13)22-18(24)12-23-16-6-4-5-7-17(16)26-20(2,3)11-19(23)25/h4-10H,11-12H2,1-3H3,(H,22,24). The van der Waals surface area contributed by atoms with Crippen LogP contribution in [-0.4, -0.2) is 23.1 Å². The zero-order valence-electron chi connectivity index (χ0n) is 15.0. The molecule has 1 heterocycles. The summed E-state index contributed by atoms with van der Waals surface area (Å²) in [6.07, 6.45) is 0.342. The molecular formula is C20H21FN2O2S. The number of nitrogens with zero attached hydrogens (tertiary/aromatic N) is 1. The van der Waals surface area contributed by atoms with Crippen LogP contribution >= 0.6 is 11.8 Å². The Labute approximate surface area is 156 Å². The molecule has 3 rings (SSSR count). The van der Waals surface area contributed by atoms with Gasteiger partial charge >= 0.3 is 0 Å². The van der Waals surface area contributed by atoms with Crippen molar-refractivity contribution >= 4 is 35.0 Å². The van der Waals surface area contributed by atoms with Gasteiger partial charge in [0.05, 0.1) is 5.69 Å². The fourth-order valence-corrected chi connectivity index (χ4v) is 4.19. The maximum atomic E-state index is 13.2. The molecule has 6 heteroatoms. The smallest absolute Gasteiger partial charge is 0.244 e. The van der Waals surface area contributed by atoms with Gasteiger partial charge in [0.25, 0.3) is 0 Å². The number of amides is 2. The molecule has 0 aliphatic carbocycles. The van der Waals surface area contributed by atoms with Crippen molar-refractivity contribution in [2.45, 2.75) is 36.8 Å². The fraction of sp³-hybridized carbons (Fsp3) is 0.300. The van der Waals surface area contributed by atoms with E-state index in [1.807, 2.05) is 38.1 Å². The van der Waals surface area contributed by atoms with Crippen LogP contribution in [-0.2, 0) is 9.59 Å². The predicted molar refractivity (Wildman–Crippen MR) is 103 cm³/mol. The summed E-state index contributed by atoms with van der Waals surface area (Å²) in [7, 11) is 0. The van der Waals surface area contributed by atoms with E-state index >= 15 is 0 Å². The van der Waals surface area contributed by atoms with Crippen LogP contribution in [0, 0.1) is 12.7 Å². The number of rotatable bonds is 3. The molecule has 136 valence electrons. The van der Waals surface area contributed by atoms with Gasteiger partial charge in [-0.3, -0.25) is 9.59 Å². The van der Waals surface area contributed by atoms with E-state index in [-0.39, 0.29) is 28.9 Å². The molecule has 2 amide bonds. The summed E-state index contributed by atoms with van der Waals surface area (Å²) in [5.41, 5.74) is 1.93. The van der Waals surface area contributed by atoms with Crippen LogP contribution < -0.4 is 10.2 Å². The number of hydrogen-bond donors (Lipinski definition) is 1. The van der Waals surface area contributed by atoms with E-state index in [1.165, 1.54) is 23.1 Å². The van der Waals surface area contributed by atoms with Gasteiger partial charge in [0.2, 0.25) is 11.8 Å². The number of fused-ring (bicyclic) bond motifs is 1. The van der Waals surface area contributed by atoms with Gasteiger partial charge in [-0.15, -0.1) is 11.8 Å². The molecule has 0 radical (unpaired) electrons. The first-order chi connectivity index (χ1) is 12.2. The van der Waals surface area contributed by atoms with Crippen molar-refractivity contribution in [3.63, 3.8) is 0 Å². The lowest BCUT2D eigenvalue weighted by Crippen LogP contribution is -2.39. The number of carbonyl (C=O) groups is 2.